The van der Waals surface area contributed by atoms with Gasteiger partial charge >= 0.3 is 0 Å². The number of nitrogens with one attached hydrogen (secondary N) is 1. The van der Waals surface area contributed by atoms with Crippen LogP contribution in [-0.4, -0.2) is 49.3 Å². The van der Waals surface area contributed by atoms with Crippen LogP contribution in [0.4, 0.5) is 0 Å². The highest BCUT2D eigenvalue weighted by atomic mass is 16.5. The van der Waals surface area contributed by atoms with E-state index in [0.717, 1.165) is 71.3 Å². The lowest BCUT2D eigenvalue weighted by atomic mass is 9.91. The number of hydrogen-bond donors (Lipinski definition) is 1. The number of nitrogens with zero attached hydrogens (tertiary/aromatic N) is 2. The van der Waals surface area contributed by atoms with Gasteiger partial charge in [-0.05, 0) is 58.5 Å². The molecule has 0 aliphatic carbocycles. The second kappa shape index (κ2) is 10.2. The van der Waals surface area contributed by atoms with Gasteiger partial charge in [-0.2, -0.15) is 5.26 Å². The first-order valence-electron chi connectivity index (χ1n) is 8.70. The topological polar surface area (TPSA) is 48.3 Å². The van der Waals surface area contributed by atoms with Crippen LogP contribution >= 0.6 is 0 Å². The molecule has 1 aliphatic heterocycles. The number of piperidine rings is 1. The fourth-order valence-electron chi connectivity index (χ4n) is 3.07. The maximum absolute atomic E-state index is 9.49. The van der Waals surface area contributed by atoms with Gasteiger partial charge in [-0.3, -0.25) is 5.32 Å². The minimum atomic E-state index is -0.320. The Bertz CT molecular complexity index is 308. The van der Waals surface area contributed by atoms with Gasteiger partial charge in [0.05, 0.1) is 12.2 Å². The molecule has 0 bridgehead atoms. The Morgan fingerprint density at radius 1 is 1.29 bits per heavy atom. The lowest BCUT2D eigenvalue weighted by molar-refractivity contribution is 0.0137. The third-order valence-corrected chi connectivity index (χ3v) is 4.55. The van der Waals surface area contributed by atoms with Gasteiger partial charge in [0.1, 0.15) is 5.54 Å². The van der Waals surface area contributed by atoms with Crippen molar-refractivity contribution in [3.05, 3.63) is 0 Å². The molecular weight excluding hydrogens is 262 g/mol. The summed E-state index contributed by atoms with van der Waals surface area (Å²) >= 11 is 0. The summed E-state index contributed by atoms with van der Waals surface area (Å²) < 4.78 is 5.69. The fourth-order valence-corrected chi connectivity index (χ4v) is 3.07. The van der Waals surface area contributed by atoms with E-state index >= 15 is 0 Å². The first kappa shape index (κ1) is 18.4. The minimum Gasteiger partial charge on any atom is -0.378 e. The largest absolute Gasteiger partial charge is 0.378 e. The molecule has 0 saturated carbocycles. The molecule has 0 aromatic carbocycles. The van der Waals surface area contributed by atoms with Crippen LogP contribution in [0, 0.1) is 11.3 Å². The summed E-state index contributed by atoms with van der Waals surface area (Å²) in [5, 5.41) is 12.9. The Labute approximate surface area is 130 Å². The molecule has 1 unspecified atom stereocenters. The molecule has 21 heavy (non-hydrogen) atoms. The monoisotopic (exact) mass is 295 g/mol. The van der Waals surface area contributed by atoms with Crippen LogP contribution in [0.2, 0.25) is 0 Å². The second-order valence-electron chi connectivity index (χ2n) is 6.07. The van der Waals surface area contributed by atoms with Gasteiger partial charge < -0.3 is 9.64 Å². The van der Waals surface area contributed by atoms with Gasteiger partial charge in [-0.25, -0.2) is 0 Å². The summed E-state index contributed by atoms with van der Waals surface area (Å²) in [6, 6.07) is 2.51. The van der Waals surface area contributed by atoms with E-state index in [9.17, 15) is 5.26 Å². The van der Waals surface area contributed by atoms with Crippen LogP contribution < -0.4 is 5.32 Å². The zero-order valence-electron chi connectivity index (χ0n) is 14.2. The summed E-state index contributed by atoms with van der Waals surface area (Å²) in [7, 11) is 0. The summed E-state index contributed by atoms with van der Waals surface area (Å²) in [5.41, 5.74) is -0.320. The molecule has 0 spiro atoms. The number of nitriles is 1. The van der Waals surface area contributed by atoms with Crippen LogP contribution in [0.3, 0.4) is 0 Å². The lowest BCUT2D eigenvalue weighted by Crippen LogP contribution is -2.45. The molecule has 122 valence electrons. The number of ether oxygens (including phenoxy) is 1. The summed E-state index contributed by atoms with van der Waals surface area (Å²) in [6.45, 7) is 11.5. The predicted molar refractivity (Wildman–Crippen MR) is 87.3 cm³/mol. The van der Waals surface area contributed by atoms with E-state index < -0.39 is 0 Å². The van der Waals surface area contributed by atoms with E-state index in [1.807, 2.05) is 0 Å². The normalized spacial score (nSPS) is 20.1. The van der Waals surface area contributed by atoms with Crippen molar-refractivity contribution in [2.45, 2.75) is 70.9 Å². The second-order valence-corrected chi connectivity index (χ2v) is 6.07. The third kappa shape index (κ3) is 6.34. The smallest absolute Gasteiger partial charge is 0.106 e. The molecule has 0 aromatic rings. The van der Waals surface area contributed by atoms with Gasteiger partial charge in [0.15, 0.2) is 0 Å². The minimum absolute atomic E-state index is 0.320. The van der Waals surface area contributed by atoms with Crippen LogP contribution in [0.25, 0.3) is 0 Å². The molecule has 4 heteroatoms. The molecule has 1 rings (SSSR count). The molecule has 0 radical (unpaired) electrons. The first-order chi connectivity index (χ1) is 10.2. The molecule has 1 fully saturated rings. The van der Waals surface area contributed by atoms with Crippen molar-refractivity contribution in [3.8, 4) is 6.07 Å². The Morgan fingerprint density at radius 2 is 2.00 bits per heavy atom. The number of likely N-dealkylation sites (tertiary alicyclic amines) is 1. The Balaban J connectivity index is 2.27. The molecule has 0 aromatic heterocycles. The van der Waals surface area contributed by atoms with Crippen molar-refractivity contribution >= 4 is 0 Å². The Kier molecular flexibility index (Phi) is 8.91. The van der Waals surface area contributed by atoms with Gasteiger partial charge in [0.25, 0.3) is 0 Å². The lowest BCUT2D eigenvalue weighted by Gasteiger charge is -2.33. The van der Waals surface area contributed by atoms with Crippen LogP contribution in [0.5, 0.6) is 0 Å². The predicted octanol–water partition coefficient (Wildman–Crippen LogP) is 2.94. The first-order valence-corrected chi connectivity index (χ1v) is 8.70. The van der Waals surface area contributed by atoms with E-state index in [-0.39, 0.29) is 5.54 Å². The zero-order chi connectivity index (χ0) is 15.6. The molecule has 1 aliphatic rings. The molecular formula is C17H33N3O. The average molecular weight is 295 g/mol. The summed E-state index contributed by atoms with van der Waals surface area (Å²) in [5.74, 6) is 0. The molecule has 1 N–H and O–H groups in total. The van der Waals surface area contributed by atoms with Crippen molar-refractivity contribution in [1.82, 2.24) is 10.2 Å². The average Bonchev–Trinajstić information content (AvgIpc) is 2.53. The van der Waals surface area contributed by atoms with Crippen molar-refractivity contribution < 1.29 is 4.74 Å². The Morgan fingerprint density at radius 3 is 2.52 bits per heavy atom. The van der Waals surface area contributed by atoms with E-state index in [1.165, 1.54) is 0 Å². The standard InChI is InChI=1S/C17H33N3O/c1-4-11-19-17(5-2,15-18)10-7-12-20-13-8-16(9-14-20)21-6-3/h16,19H,4-14H2,1-3H3. The van der Waals surface area contributed by atoms with E-state index in [4.69, 9.17) is 4.74 Å². The highest BCUT2D eigenvalue weighted by Gasteiger charge is 2.27. The van der Waals surface area contributed by atoms with Crippen molar-refractivity contribution in [3.63, 3.8) is 0 Å². The highest BCUT2D eigenvalue weighted by molar-refractivity contribution is 5.06. The van der Waals surface area contributed by atoms with Crippen LogP contribution in [-0.2, 0) is 4.74 Å². The molecule has 4 nitrogen and oxygen atoms in total. The SMILES string of the molecule is CCCNC(C#N)(CC)CCCN1CCC(OCC)CC1. The number of hydrogen-bond acceptors (Lipinski definition) is 4. The van der Waals surface area contributed by atoms with E-state index in [2.05, 4.69) is 37.1 Å². The molecule has 1 atom stereocenters. The zero-order valence-corrected chi connectivity index (χ0v) is 14.2. The van der Waals surface area contributed by atoms with Crippen molar-refractivity contribution in [2.75, 3.05) is 32.8 Å². The molecule has 0 amide bonds. The van der Waals surface area contributed by atoms with Crippen molar-refractivity contribution in [1.29, 1.82) is 5.26 Å². The fraction of sp³-hybridized carbons (Fsp3) is 0.941. The third-order valence-electron chi connectivity index (χ3n) is 4.55. The highest BCUT2D eigenvalue weighted by Crippen LogP contribution is 2.19. The van der Waals surface area contributed by atoms with E-state index in [0.29, 0.717) is 6.10 Å². The van der Waals surface area contributed by atoms with Crippen molar-refractivity contribution in [2.24, 2.45) is 0 Å². The quantitative estimate of drug-likeness (QED) is 0.673. The van der Waals surface area contributed by atoms with Gasteiger partial charge in [0, 0.05) is 19.7 Å². The van der Waals surface area contributed by atoms with Crippen LogP contribution in [0.1, 0.15) is 59.3 Å². The maximum Gasteiger partial charge on any atom is 0.106 e. The van der Waals surface area contributed by atoms with Gasteiger partial charge in [-0.1, -0.05) is 13.8 Å². The maximum atomic E-state index is 9.49. The molecule has 1 saturated heterocycles. The van der Waals surface area contributed by atoms with E-state index in [1.54, 1.807) is 0 Å². The summed E-state index contributed by atoms with van der Waals surface area (Å²) in [6.07, 6.45) is 6.77. The van der Waals surface area contributed by atoms with Crippen LogP contribution in [0.15, 0.2) is 0 Å². The number of rotatable bonds is 10. The molecule has 1 heterocycles. The van der Waals surface area contributed by atoms with Gasteiger partial charge in [0.2, 0.25) is 0 Å². The Hall–Kier alpha value is -0.630. The summed E-state index contributed by atoms with van der Waals surface area (Å²) in [4.78, 5) is 2.52. The van der Waals surface area contributed by atoms with Gasteiger partial charge in [-0.15, -0.1) is 0 Å².